The van der Waals surface area contributed by atoms with Crippen molar-refractivity contribution in [1.29, 1.82) is 0 Å². The maximum absolute atomic E-state index is 12.3. The first-order chi connectivity index (χ1) is 7.29. The highest BCUT2D eigenvalue weighted by atomic mass is 19.4. The lowest BCUT2D eigenvalue weighted by atomic mass is 10.1. The highest BCUT2D eigenvalue weighted by Gasteiger charge is 2.31. The average Bonchev–Trinajstić information content (AvgIpc) is 2.12. The van der Waals surface area contributed by atoms with Crippen molar-refractivity contribution in [3.8, 4) is 5.75 Å². The van der Waals surface area contributed by atoms with Crippen LogP contribution < -0.4 is 0 Å². The molecule has 0 saturated heterocycles. The Labute approximate surface area is 88.4 Å². The van der Waals surface area contributed by atoms with Gasteiger partial charge >= 0.3 is 12.1 Å². The van der Waals surface area contributed by atoms with Crippen molar-refractivity contribution in [2.24, 2.45) is 0 Å². The molecule has 0 heterocycles. The highest BCUT2D eigenvalue weighted by Crippen LogP contribution is 2.32. The average molecular weight is 232 g/mol. The van der Waals surface area contributed by atoms with Crippen LogP contribution in [0.2, 0.25) is 0 Å². The molecule has 2 N–H and O–H groups in total. The summed E-state index contributed by atoms with van der Waals surface area (Å²) in [6.45, 7) is 0. The van der Waals surface area contributed by atoms with E-state index < -0.39 is 23.5 Å². The van der Waals surface area contributed by atoms with Gasteiger partial charge in [-0.05, 0) is 29.8 Å². The molecule has 6 heteroatoms. The Balaban J connectivity index is 3.13. The van der Waals surface area contributed by atoms with Crippen LogP contribution in [0.25, 0.3) is 6.08 Å². The third-order valence-electron chi connectivity index (χ3n) is 1.69. The Morgan fingerprint density at radius 3 is 2.38 bits per heavy atom. The number of phenolic OH excluding ortho intramolecular Hbond substituents is 1. The number of hydrogen-bond donors (Lipinski definition) is 2. The molecule has 0 radical (unpaired) electrons. The minimum Gasteiger partial charge on any atom is -0.508 e. The van der Waals surface area contributed by atoms with Gasteiger partial charge in [0.25, 0.3) is 0 Å². The molecule has 16 heavy (non-hydrogen) atoms. The van der Waals surface area contributed by atoms with Crippen LogP contribution in [0.15, 0.2) is 24.3 Å². The standard InChI is InChI=1S/C10H7F3O3/c11-10(12,13)7-3-6(1-2-9(15)16)4-8(14)5-7/h1-5,14H,(H,15,16)/b2-1+. The molecule has 0 aliphatic rings. The third kappa shape index (κ3) is 3.30. The monoisotopic (exact) mass is 232 g/mol. The van der Waals surface area contributed by atoms with E-state index in [9.17, 15) is 18.0 Å². The number of carboxylic acids is 1. The number of rotatable bonds is 2. The van der Waals surface area contributed by atoms with Gasteiger partial charge in [-0.1, -0.05) is 0 Å². The fourth-order valence-electron chi connectivity index (χ4n) is 1.06. The van der Waals surface area contributed by atoms with Crippen LogP contribution in [0.3, 0.4) is 0 Å². The van der Waals surface area contributed by atoms with E-state index in [1.807, 2.05) is 0 Å². The second kappa shape index (κ2) is 4.26. The van der Waals surface area contributed by atoms with E-state index in [0.717, 1.165) is 18.2 Å². The molecule has 0 aliphatic carbocycles. The van der Waals surface area contributed by atoms with Crippen molar-refractivity contribution < 1.29 is 28.2 Å². The molecule has 0 atom stereocenters. The first-order valence-corrected chi connectivity index (χ1v) is 4.11. The van der Waals surface area contributed by atoms with E-state index >= 15 is 0 Å². The Bertz CT molecular complexity index is 435. The summed E-state index contributed by atoms with van der Waals surface area (Å²) in [6.07, 6.45) is -2.92. The Morgan fingerprint density at radius 2 is 1.88 bits per heavy atom. The molecule has 0 unspecified atom stereocenters. The molecule has 1 aromatic carbocycles. The normalized spacial score (nSPS) is 11.9. The van der Waals surface area contributed by atoms with Crippen molar-refractivity contribution in [3.05, 3.63) is 35.4 Å². The van der Waals surface area contributed by atoms with Gasteiger partial charge in [0.05, 0.1) is 5.56 Å². The molecule has 3 nitrogen and oxygen atoms in total. The Kier molecular flexibility index (Phi) is 3.22. The lowest BCUT2D eigenvalue weighted by molar-refractivity contribution is -0.137. The van der Waals surface area contributed by atoms with Gasteiger partial charge in [-0.15, -0.1) is 0 Å². The fraction of sp³-hybridized carbons (Fsp3) is 0.100. The zero-order chi connectivity index (χ0) is 12.3. The molecule has 0 amide bonds. The Hall–Kier alpha value is -1.98. The summed E-state index contributed by atoms with van der Waals surface area (Å²) in [5.74, 6) is -1.85. The largest absolute Gasteiger partial charge is 0.508 e. The molecule has 0 saturated carbocycles. The van der Waals surface area contributed by atoms with Crippen LogP contribution in [0, 0.1) is 0 Å². The van der Waals surface area contributed by atoms with Gasteiger partial charge in [0.15, 0.2) is 0 Å². The molecule has 86 valence electrons. The summed E-state index contributed by atoms with van der Waals surface area (Å²) in [5.41, 5.74) is -1.06. The van der Waals surface area contributed by atoms with Gasteiger partial charge in [-0.3, -0.25) is 0 Å². The maximum Gasteiger partial charge on any atom is 0.416 e. The van der Waals surface area contributed by atoms with E-state index in [1.54, 1.807) is 0 Å². The second-order valence-electron chi connectivity index (χ2n) is 2.98. The quantitative estimate of drug-likeness (QED) is 0.770. The number of carboxylic acid groups (broad SMARTS) is 1. The van der Waals surface area contributed by atoms with E-state index in [2.05, 4.69) is 0 Å². The first-order valence-electron chi connectivity index (χ1n) is 4.11. The highest BCUT2D eigenvalue weighted by molar-refractivity contribution is 5.85. The first kappa shape index (κ1) is 12.1. The van der Waals surface area contributed by atoms with Crippen LogP contribution in [0.4, 0.5) is 13.2 Å². The summed E-state index contributed by atoms with van der Waals surface area (Å²) < 4.78 is 36.9. The van der Waals surface area contributed by atoms with E-state index in [4.69, 9.17) is 10.2 Å². The summed E-state index contributed by atoms with van der Waals surface area (Å²) in [4.78, 5) is 10.2. The molecular formula is C10H7F3O3. The molecule has 1 aromatic rings. The predicted molar refractivity (Wildman–Crippen MR) is 49.8 cm³/mol. The third-order valence-corrected chi connectivity index (χ3v) is 1.69. The summed E-state index contributed by atoms with van der Waals surface area (Å²) in [5, 5.41) is 17.3. The van der Waals surface area contributed by atoms with Crippen LogP contribution in [-0.2, 0) is 11.0 Å². The molecule has 0 fully saturated rings. The van der Waals surface area contributed by atoms with Gasteiger partial charge in [-0.25, -0.2) is 4.79 Å². The number of aromatic hydroxyl groups is 1. The van der Waals surface area contributed by atoms with E-state index in [1.165, 1.54) is 0 Å². The number of halogens is 3. The number of aliphatic carboxylic acids is 1. The van der Waals surface area contributed by atoms with Crippen molar-refractivity contribution in [2.45, 2.75) is 6.18 Å². The number of hydrogen-bond acceptors (Lipinski definition) is 2. The maximum atomic E-state index is 12.3. The van der Waals surface area contributed by atoms with Crippen molar-refractivity contribution in [3.63, 3.8) is 0 Å². The summed E-state index contributed by atoms with van der Waals surface area (Å²) in [7, 11) is 0. The summed E-state index contributed by atoms with van der Waals surface area (Å²) in [6, 6.07) is 2.35. The van der Waals surface area contributed by atoms with Crippen LogP contribution in [-0.4, -0.2) is 16.2 Å². The minimum atomic E-state index is -4.58. The van der Waals surface area contributed by atoms with Gasteiger partial charge in [-0.2, -0.15) is 13.2 Å². The number of benzene rings is 1. The van der Waals surface area contributed by atoms with E-state index in [0.29, 0.717) is 12.1 Å². The van der Waals surface area contributed by atoms with Crippen LogP contribution >= 0.6 is 0 Å². The van der Waals surface area contributed by atoms with Crippen LogP contribution in [0.1, 0.15) is 11.1 Å². The topological polar surface area (TPSA) is 57.5 Å². The molecule has 1 rings (SSSR count). The predicted octanol–water partition coefficient (Wildman–Crippen LogP) is 2.51. The molecule has 0 bridgehead atoms. The van der Waals surface area contributed by atoms with Gasteiger partial charge in [0.1, 0.15) is 5.75 Å². The number of alkyl halides is 3. The zero-order valence-electron chi connectivity index (χ0n) is 7.82. The SMILES string of the molecule is O=C(O)/C=C/c1cc(O)cc(C(F)(F)F)c1. The van der Waals surface area contributed by atoms with Crippen molar-refractivity contribution in [1.82, 2.24) is 0 Å². The molecule has 0 aromatic heterocycles. The van der Waals surface area contributed by atoms with E-state index in [-0.39, 0.29) is 5.56 Å². The van der Waals surface area contributed by atoms with Gasteiger partial charge in [0, 0.05) is 6.08 Å². The molecule has 0 aliphatic heterocycles. The lowest BCUT2D eigenvalue weighted by Gasteiger charge is -2.07. The lowest BCUT2D eigenvalue weighted by Crippen LogP contribution is -2.04. The van der Waals surface area contributed by atoms with Crippen molar-refractivity contribution >= 4 is 12.0 Å². The number of phenols is 1. The molecule has 0 spiro atoms. The minimum absolute atomic E-state index is 0.0327. The Morgan fingerprint density at radius 1 is 1.25 bits per heavy atom. The summed E-state index contributed by atoms with van der Waals surface area (Å²) >= 11 is 0. The van der Waals surface area contributed by atoms with Gasteiger partial charge < -0.3 is 10.2 Å². The second-order valence-corrected chi connectivity index (χ2v) is 2.98. The van der Waals surface area contributed by atoms with Crippen molar-refractivity contribution in [2.75, 3.05) is 0 Å². The van der Waals surface area contributed by atoms with Gasteiger partial charge in [0.2, 0.25) is 0 Å². The smallest absolute Gasteiger partial charge is 0.416 e. The number of carbonyl (C=O) groups is 1. The zero-order valence-corrected chi connectivity index (χ0v) is 7.82. The molecular weight excluding hydrogens is 225 g/mol. The van der Waals surface area contributed by atoms with Crippen LogP contribution in [0.5, 0.6) is 5.75 Å². The fourth-order valence-corrected chi connectivity index (χ4v) is 1.06.